The molecule has 3 heterocycles. The van der Waals surface area contributed by atoms with Crippen molar-refractivity contribution in [2.24, 2.45) is 5.73 Å². The molecule has 3 rings (SSSR count). The van der Waals surface area contributed by atoms with E-state index >= 15 is 0 Å². The molecule has 0 bridgehead atoms. The van der Waals surface area contributed by atoms with Crippen LogP contribution in [0.5, 0.6) is 0 Å². The summed E-state index contributed by atoms with van der Waals surface area (Å²) >= 11 is 0. The van der Waals surface area contributed by atoms with Crippen LogP contribution in [-0.4, -0.2) is 43.9 Å². The fourth-order valence-corrected chi connectivity index (χ4v) is 9.77. The van der Waals surface area contributed by atoms with Gasteiger partial charge in [-0.25, -0.2) is 0 Å². The molecule has 1 aliphatic heterocycles. The Morgan fingerprint density at radius 2 is 1.85 bits per heavy atom. The molecule has 6 N–H and O–H groups in total. The van der Waals surface area contributed by atoms with Crippen molar-refractivity contribution in [2.75, 3.05) is 18.4 Å². The standard InChI is InChI=1S/C14H18N5O11P3/c15-5-1-2-9-6-19(14-12(9)13(16)17-8-18-14)11-4-3-10(26-11)7-33(29-27-20,30-28-21,31(22)23)32(24)25/h6,8,10-11,20-21H,3-5,7,15H2,(H2,16,17,18). The van der Waals surface area contributed by atoms with Crippen LogP contribution in [0.25, 0.3) is 11.0 Å². The van der Waals surface area contributed by atoms with Gasteiger partial charge in [-0.3, -0.25) is 0 Å². The van der Waals surface area contributed by atoms with Crippen molar-refractivity contribution in [2.45, 2.75) is 25.2 Å². The van der Waals surface area contributed by atoms with Gasteiger partial charge in [0.15, 0.2) is 0 Å². The van der Waals surface area contributed by atoms with Gasteiger partial charge in [-0.1, -0.05) is 0 Å². The first kappa shape index (κ1) is 25.5. The number of nitrogens with zero attached hydrogens (tertiary/aromatic N) is 3. The summed E-state index contributed by atoms with van der Waals surface area (Å²) in [5.41, 5.74) is 12.2. The molecule has 0 aliphatic carbocycles. The third-order valence-electron chi connectivity index (χ3n) is 4.89. The molecule has 16 nitrogen and oxygen atoms in total. The first-order valence-corrected chi connectivity index (χ1v) is 15.0. The number of aromatic nitrogens is 3. The van der Waals surface area contributed by atoms with Crippen LogP contribution in [0.15, 0.2) is 12.5 Å². The number of hydrogen-bond acceptors (Lipinski definition) is 15. The molecule has 2 unspecified atom stereocenters. The Balaban J connectivity index is 1.99. The van der Waals surface area contributed by atoms with Crippen molar-refractivity contribution in [3.05, 3.63) is 18.1 Å². The normalized spacial score (nSPS) is 19.5. The second kappa shape index (κ2) is 10.0. The molecule has 33 heavy (non-hydrogen) atoms. The zero-order valence-electron chi connectivity index (χ0n) is 16.5. The summed E-state index contributed by atoms with van der Waals surface area (Å²) in [6.45, 7) is 0.0933. The summed E-state index contributed by atoms with van der Waals surface area (Å²) in [6, 6.07) is 0. The summed E-state index contributed by atoms with van der Waals surface area (Å²) < 4.78 is 63.8. The van der Waals surface area contributed by atoms with Crippen LogP contribution < -0.4 is 11.5 Å². The fraction of sp³-hybridized carbons (Fsp3) is 0.429. The maximum absolute atomic E-state index is 12.0. The van der Waals surface area contributed by atoms with Gasteiger partial charge < -0.3 is 0 Å². The topological polar surface area (TPSA) is 238 Å². The van der Waals surface area contributed by atoms with E-state index in [-0.39, 0.29) is 25.2 Å². The summed E-state index contributed by atoms with van der Waals surface area (Å²) in [7, 11) is -8.28. The van der Waals surface area contributed by atoms with E-state index in [1.807, 2.05) is 0 Å². The number of rotatable bonds is 9. The van der Waals surface area contributed by atoms with Gasteiger partial charge in [-0.2, -0.15) is 0 Å². The molecule has 1 fully saturated rings. The quantitative estimate of drug-likeness (QED) is 0.159. The molecule has 2 atom stereocenters. The van der Waals surface area contributed by atoms with Gasteiger partial charge in [0.25, 0.3) is 0 Å². The Labute approximate surface area is 185 Å². The van der Waals surface area contributed by atoms with Crippen LogP contribution in [0.4, 0.5) is 5.82 Å². The predicted octanol–water partition coefficient (Wildman–Crippen LogP) is 2.40. The number of ether oxygens (including phenoxy) is 1. The van der Waals surface area contributed by atoms with Crippen molar-refractivity contribution < 1.29 is 52.9 Å². The second-order valence-corrected chi connectivity index (χ2v) is 18.1. The van der Waals surface area contributed by atoms with E-state index in [4.69, 9.17) is 26.7 Å². The minimum absolute atomic E-state index is 0.0933. The minimum atomic E-state index is -6.02. The Morgan fingerprint density at radius 1 is 1.18 bits per heavy atom. The average Bonchev–Trinajstić information content (AvgIpc) is 3.37. The first-order chi connectivity index (χ1) is 15.7. The van der Waals surface area contributed by atoms with E-state index in [2.05, 4.69) is 41.2 Å². The first-order valence-electron chi connectivity index (χ1n) is 9.00. The van der Waals surface area contributed by atoms with Crippen molar-refractivity contribution in [3.63, 3.8) is 0 Å². The van der Waals surface area contributed by atoms with Crippen molar-refractivity contribution in [3.8, 4) is 11.8 Å². The Bertz CT molecular complexity index is 1200. The molecule has 0 saturated carbocycles. The molecule has 1 saturated heterocycles. The van der Waals surface area contributed by atoms with Gasteiger partial charge in [0.2, 0.25) is 0 Å². The maximum atomic E-state index is 12.0. The van der Waals surface area contributed by atoms with Crippen LogP contribution in [0.1, 0.15) is 24.6 Å². The Hall–Kier alpha value is -2.11. The fourth-order valence-electron chi connectivity index (χ4n) is 3.45. The molecular formula is C14H18N5O11P3. The van der Waals surface area contributed by atoms with Crippen LogP contribution in [0.3, 0.4) is 0 Å². The van der Waals surface area contributed by atoms with Gasteiger partial charge in [0, 0.05) is 0 Å². The van der Waals surface area contributed by atoms with E-state index in [0.29, 0.717) is 16.6 Å². The Morgan fingerprint density at radius 3 is 2.42 bits per heavy atom. The van der Waals surface area contributed by atoms with Crippen LogP contribution in [-0.2, 0) is 42.4 Å². The summed E-state index contributed by atoms with van der Waals surface area (Å²) in [5, 5.41) is 24.6. The van der Waals surface area contributed by atoms with E-state index in [1.165, 1.54) is 6.33 Å². The molecule has 0 amide bonds. The molecule has 1 aliphatic rings. The van der Waals surface area contributed by atoms with Gasteiger partial charge in [0.05, 0.1) is 0 Å². The molecule has 180 valence electrons. The molecule has 19 heteroatoms. The molecular weight excluding hydrogens is 507 g/mol. The number of fused-ring (bicyclic) bond motifs is 1. The van der Waals surface area contributed by atoms with Crippen molar-refractivity contribution >= 4 is 38.0 Å². The van der Waals surface area contributed by atoms with E-state index in [9.17, 15) is 18.3 Å². The van der Waals surface area contributed by atoms with Crippen LogP contribution >= 0.6 is 21.2 Å². The second-order valence-electron chi connectivity index (χ2n) is 6.69. The number of hydrogen-bond donors (Lipinski definition) is 4. The SMILES string of the molecule is NCC#Cc1cn(C2CCC(CP(OOO)(OOO)(P(=O)=O)P(=O)=O)O2)c2ncnc(N)c12. The zero-order chi connectivity index (χ0) is 24.2. The molecule has 2 aromatic rings. The Kier molecular flexibility index (Phi) is 7.75. The van der Waals surface area contributed by atoms with Gasteiger partial charge in [-0.05, 0) is 0 Å². The summed E-state index contributed by atoms with van der Waals surface area (Å²) in [4.78, 5) is 8.14. The van der Waals surface area contributed by atoms with E-state index < -0.39 is 39.7 Å². The average molecular weight is 525 g/mol. The van der Waals surface area contributed by atoms with Gasteiger partial charge in [-0.15, -0.1) is 0 Å². The van der Waals surface area contributed by atoms with Crippen molar-refractivity contribution in [1.29, 1.82) is 0 Å². The predicted molar refractivity (Wildman–Crippen MR) is 109 cm³/mol. The monoisotopic (exact) mass is 525 g/mol. The molecule has 0 radical (unpaired) electrons. The molecule has 2 aromatic heterocycles. The number of nitrogen functional groups attached to an aromatic ring is 1. The van der Waals surface area contributed by atoms with Crippen LogP contribution in [0, 0.1) is 11.8 Å². The number of nitrogens with two attached hydrogens (primary N) is 2. The number of anilines is 1. The zero-order valence-corrected chi connectivity index (χ0v) is 19.2. The van der Waals surface area contributed by atoms with Gasteiger partial charge in [0.1, 0.15) is 0 Å². The van der Waals surface area contributed by atoms with Crippen LogP contribution in [0.2, 0.25) is 0 Å². The molecule has 0 spiro atoms. The molecule has 0 aromatic carbocycles. The van der Waals surface area contributed by atoms with E-state index in [0.717, 1.165) is 0 Å². The summed E-state index contributed by atoms with van der Waals surface area (Å²) in [5.74, 6) is 5.72. The van der Waals surface area contributed by atoms with Crippen molar-refractivity contribution in [1.82, 2.24) is 14.5 Å². The third-order valence-corrected chi connectivity index (χ3v) is 16.2. The summed E-state index contributed by atoms with van der Waals surface area (Å²) in [6.07, 6.45) is -5.68. The van der Waals surface area contributed by atoms with E-state index in [1.54, 1.807) is 10.8 Å². The van der Waals surface area contributed by atoms with Gasteiger partial charge >= 0.3 is 185 Å². The third kappa shape index (κ3) is 4.38.